The molecule has 0 N–H and O–H groups in total. The van der Waals surface area contributed by atoms with E-state index in [4.69, 9.17) is 4.74 Å². The summed E-state index contributed by atoms with van der Waals surface area (Å²) in [6, 6.07) is 6.72. The molecular formula is C16H12O4S. The van der Waals surface area contributed by atoms with Gasteiger partial charge in [-0.1, -0.05) is 24.3 Å². The second kappa shape index (κ2) is 4.93. The summed E-state index contributed by atoms with van der Waals surface area (Å²) >= 11 is 1.04. The lowest BCUT2D eigenvalue weighted by atomic mass is 9.87. The molecule has 1 heterocycles. The number of ketones is 2. The fourth-order valence-corrected chi connectivity index (χ4v) is 3.63. The molecule has 21 heavy (non-hydrogen) atoms. The van der Waals surface area contributed by atoms with Gasteiger partial charge in [0.05, 0.1) is 11.5 Å². The molecule has 0 amide bonds. The van der Waals surface area contributed by atoms with Gasteiger partial charge in [0.2, 0.25) is 5.78 Å². The summed E-state index contributed by atoms with van der Waals surface area (Å²) in [5.74, 6) is -0.896. The van der Waals surface area contributed by atoms with Gasteiger partial charge in [0.15, 0.2) is 5.78 Å². The minimum atomic E-state index is -0.487. The van der Waals surface area contributed by atoms with E-state index in [9.17, 15) is 14.4 Å². The molecule has 106 valence electrons. The van der Waals surface area contributed by atoms with Crippen LogP contribution in [0.2, 0.25) is 0 Å². The molecule has 0 unspecified atom stereocenters. The van der Waals surface area contributed by atoms with E-state index in [1.54, 1.807) is 38.1 Å². The second-order valence-corrected chi connectivity index (χ2v) is 5.71. The van der Waals surface area contributed by atoms with Crippen LogP contribution in [-0.2, 0) is 4.74 Å². The van der Waals surface area contributed by atoms with Gasteiger partial charge >= 0.3 is 5.97 Å². The van der Waals surface area contributed by atoms with Gasteiger partial charge in [0.25, 0.3) is 0 Å². The first kappa shape index (κ1) is 13.7. The van der Waals surface area contributed by atoms with E-state index >= 15 is 0 Å². The van der Waals surface area contributed by atoms with Gasteiger partial charge < -0.3 is 4.74 Å². The molecule has 0 fully saturated rings. The van der Waals surface area contributed by atoms with E-state index < -0.39 is 5.97 Å². The molecule has 1 aliphatic rings. The highest BCUT2D eigenvalue weighted by Gasteiger charge is 2.35. The normalized spacial score (nSPS) is 12.9. The van der Waals surface area contributed by atoms with E-state index in [1.165, 1.54) is 0 Å². The Hall–Kier alpha value is -2.27. The quantitative estimate of drug-likeness (QED) is 0.683. The number of carbonyl (C=O) groups is 3. The van der Waals surface area contributed by atoms with Gasteiger partial charge in [-0.25, -0.2) is 4.79 Å². The van der Waals surface area contributed by atoms with E-state index in [-0.39, 0.29) is 18.2 Å². The van der Waals surface area contributed by atoms with Crippen LogP contribution in [0.5, 0.6) is 0 Å². The number of benzene rings is 1. The number of fused-ring (bicyclic) bond motifs is 2. The van der Waals surface area contributed by atoms with Crippen molar-refractivity contribution >= 4 is 28.9 Å². The summed E-state index contributed by atoms with van der Waals surface area (Å²) in [5.41, 5.74) is 1.66. The van der Waals surface area contributed by atoms with E-state index in [1.807, 2.05) is 0 Å². The third-order valence-corrected chi connectivity index (χ3v) is 4.73. The van der Waals surface area contributed by atoms with Crippen molar-refractivity contribution in [1.29, 1.82) is 0 Å². The summed E-state index contributed by atoms with van der Waals surface area (Å²) in [6.45, 7) is 3.65. The summed E-state index contributed by atoms with van der Waals surface area (Å²) < 4.78 is 4.98. The fraction of sp³-hybridized carbons (Fsp3) is 0.188. The van der Waals surface area contributed by atoms with Crippen LogP contribution < -0.4 is 0 Å². The minimum absolute atomic E-state index is 0.204. The van der Waals surface area contributed by atoms with Gasteiger partial charge in [-0.3, -0.25) is 9.59 Å². The molecule has 0 bridgehead atoms. The Kier molecular flexibility index (Phi) is 3.22. The van der Waals surface area contributed by atoms with Crippen molar-refractivity contribution in [3.05, 3.63) is 56.3 Å². The lowest BCUT2D eigenvalue weighted by Gasteiger charge is -2.14. The highest BCUT2D eigenvalue weighted by Crippen LogP contribution is 2.36. The lowest BCUT2D eigenvalue weighted by Crippen LogP contribution is -2.19. The Bertz CT molecular complexity index is 786. The van der Waals surface area contributed by atoms with Gasteiger partial charge in [0, 0.05) is 16.7 Å². The Morgan fingerprint density at radius 2 is 1.76 bits per heavy atom. The van der Waals surface area contributed by atoms with Crippen LogP contribution in [0.15, 0.2) is 24.3 Å². The average Bonchev–Trinajstić information content (AvgIpc) is 2.83. The predicted molar refractivity (Wildman–Crippen MR) is 78.3 cm³/mol. The third-order valence-electron chi connectivity index (χ3n) is 3.46. The number of esters is 1. The Balaban J connectivity index is 2.20. The molecule has 1 aromatic heterocycles. The van der Waals surface area contributed by atoms with Crippen molar-refractivity contribution in [2.45, 2.75) is 13.8 Å². The van der Waals surface area contributed by atoms with Crippen molar-refractivity contribution in [3.8, 4) is 0 Å². The highest BCUT2D eigenvalue weighted by molar-refractivity contribution is 7.16. The predicted octanol–water partition coefficient (Wildman–Crippen LogP) is 3.01. The van der Waals surface area contributed by atoms with Gasteiger partial charge in [-0.05, 0) is 19.4 Å². The standard InChI is InChI=1S/C16H12O4S/c1-3-20-16(19)14-8(2)11-12(17)9-6-4-5-7-10(9)13(18)15(11)21-14/h4-7H,3H2,1-2H3. The molecule has 3 rings (SSSR count). The maximum absolute atomic E-state index is 12.6. The number of thiophene rings is 1. The van der Waals surface area contributed by atoms with Crippen LogP contribution in [0.3, 0.4) is 0 Å². The summed E-state index contributed by atoms with van der Waals surface area (Å²) in [4.78, 5) is 37.7. The largest absolute Gasteiger partial charge is 0.462 e. The first-order chi connectivity index (χ1) is 10.1. The average molecular weight is 300 g/mol. The van der Waals surface area contributed by atoms with Crippen molar-refractivity contribution < 1.29 is 19.1 Å². The van der Waals surface area contributed by atoms with Crippen LogP contribution in [0.1, 0.15) is 53.3 Å². The zero-order valence-corrected chi connectivity index (χ0v) is 12.4. The van der Waals surface area contributed by atoms with Crippen LogP contribution in [0, 0.1) is 6.92 Å². The first-order valence-electron chi connectivity index (χ1n) is 6.55. The Labute approximate surface area is 125 Å². The van der Waals surface area contributed by atoms with Crippen molar-refractivity contribution in [3.63, 3.8) is 0 Å². The van der Waals surface area contributed by atoms with Crippen molar-refractivity contribution in [1.82, 2.24) is 0 Å². The van der Waals surface area contributed by atoms with Crippen molar-refractivity contribution in [2.24, 2.45) is 0 Å². The fourth-order valence-electron chi connectivity index (χ4n) is 2.47. The molecule has 0 saturated heterocycles. The minimum Gasteiger partial charge on any atom is -0.462 e. The molecule has 0 aliphatic heterocycles. The SMILES string of the molecule is CCOC(=O)c1sc2c(c1C)C(=O)c1ccccc1C2=O. The maximum atomic E-state index is 12.6. The van der Waals surface area contributed by atoms with E-state index in [0.29, 0.717) is 32.0 Å². The van der Waals surface area contributed by atoms with Crippen LogP contribution in [-0.4, -0.2) is 24.1 Å². The number of rotatable bonds is 2. The maximum Gasteiger partial charge on any atom is 0.348 e. The number of hydrogen-bond acceptors (Lipinski definition) is 5. The van der Waals surface area contributed by atoms with Crippen LogP contribution >= 0.6 is 11.3 Å². The smallest absolute Gasteiger partial charge is 0.348 e. The molecule has 0 atom stereocenters. The van der Waals surface area contributed by atoms with Crippen LogP contribution in [0.4, 0.5) is 0 Å². The summed E-state index contributed by atoms with van der Waals surface area (Å²) in [7, 11) is 0. The van der Waals surface area contributed by atoms with Gasteiger partial charge in [-0.2, -0.15) is 0 Å². The van der Waals surface area contributed by atoms with E-state index in [2.05, 4.69) is 0 Å². The Morgan fingerprint density at radius 3 is 2.38 bits per heavy atom. The van der Waals surface area contributed by atoms with Crippen molar-refractivity contribution in [2.75, 3.05) is 6.61 Å². The first-order valence-corrected chi connectivity index (χ1v) is 7.36. The molecule has 1 aromatic carbocycles. The molecule has 0 saturated carbocycles. The van der Waals surface area contributed by atoms with Gasteiger partial charge in [0.1, 0.15) is 4.88 Å². The number of carbonyl (C=O) groups excluding carboxylic acids is 3. The summed E-state index contributed by atoms with van der Waals surface area (Å²) in [5, 5.41) is 0. The van der Waals surface area contributed by atoms with Crippen LogP contribution in [0.25, 0.3) is 0 Å². The third kappa shape index (κ3) is 1.93. The molecule has 5 heteroatoms. The second-order valence-electron chi connectivity index (χ2n) is 4.68. The van der Waals surface area contributed by atoms with E-state index in [0.717, 1.165) is 11.3 Å². The zero-order chi connectivity index (χ0) is 15.1. The Morgan fingerprint density at radius 1 is 1.14 bits per heavy atom. The topological polar surface area (TPSA) is 60.4 Å². The number of hydrogen-bond donors (Lipinski definition) is 0. The molecule has 2 aromatic rings. The number of ether oxygens (including phenoxy) is 1. The van der Waals surface area contributed by atoms with Gasteiger partial charge in [-0.15, -0.1) is 11.3 Å². The zero-order valence-electron chi connectivity index (χ0n) is 11.6. The molecule has 1 aliphatic carbocycles. The monoisotopic (exact) mass is 300 g/mol. The molecule has 4 nitrogen and oxygen atoms in total. The molecule has 0 spiro atoms. The highest BCUT2D eigenvalue weighted by atomic mass is 32.1. The lowest BCUT2D eigenvalue weighted by molar-refractivity contribution is 0.0531. The molecule has 0 radical (unpaired) electrons. The molecular weight excluding hydrogens is 288 g/mol. The summed E-state index contributed by atoms with van der Waals surface area (Å²) in [6.07, 6.45) is 0.